The number of aliphatic hydroxyl groups excluding tert-OH is 1. The van der Waals surface area contributed by atoms with Crippen molar-refractivity contribution in [2.45, 2.75) is 12.0 Å². The highest BCUT2D eigenvalue weighted by atomic mass is 16.5. The number of ether oxygens (including phenoxy) is 2. The van der Waals surface area contributed by atoms with E-state index < -0.39 is 30.6 Å². The van der Waals surface area contributed by atoms with Crippen molar-refractivity contribution in [1.82, 2.24) is 5.32 Å². The van der Waals surface area contributed by atoms with Gasteiger partial charge in [0.25, 0.3) is 5.91 Å². The highest BCUT2D eigenvalue weighted by molar-refractivity contribution is 5.98. The zero-order valence-corrected chi connectivity index (χ0v) is 18.9. The molecule has 0 aliphatic heterocycles. The fourth-order valence-corrected chi connectivity index (χ4v) is 4.08. The third kappa shape index (κ3) is 5.10. The van der Waals surface area contributed by atoms with E-state index in [0.29, 0.717) is 5.69 Å². The molecule has 180 valence electrons. The van der Waals surface area contributed by atoms with Gasteiger partial charge in [-0.25, -0.2) is 9.59 Å². The van der Waals surface area contributed by atoms with Gasteiger partial charge in [0.2, 0.25) is 0 Å². The molecule has 2 amide bonds. The van der Waals surface area contributed by atoms with Crippen molar-refractivity contribution in [3.05, 3.63) is 83.4 Å². The molecule has 0 bridgehead atoms. The van der Waals surface area contributed by atoms with Crippen LogP contribution in [-0.4, -0.2) is 54.5 Å². The second-order valence-electron chi connectivity index (χ2n) is 7.93. The van der Waals surface area contributed by atoms with Crippen LogP contribution in [0.3, 0.4) is 0 Å². The number of hydrogen-bond donors (Lipinski definition) is 4. The monoisotopic (exact) mass is 476 g/mol. The molecule has 0 spiro atoms. The van der Waals surface area contributed by atoms with Gasteiger partial charge in [0, 0.05) is 17.7 Å². The van der Waals surface area contributed by atoms with Crippen LogP contribution < -0.4 is 15.4 Å². The van der Waals surface area contributed by atoms with Gasteiger partial charge in [-0.05, 0) is 34.4 Å². The van der Waals surface area contributed by atoms with Gasteiger partial charge in [-0.3, -0.25) is 10.1 Å². The van der Waals surface area contributed by atoms with Gasteiger partial charge in [-0.1, -0.05) is 48.5 Å². The van der Waals surface area contributed by atoms with Crippen LogP contribution in [0.25, 0.3) is 11.1 Å². The van der Waals surface area contributed by atoms with Crippen LogP contribution in [0.2, 0.25) is 0 Å². The summed E-state index contributed by atoms with van der Waals surface area (Å²) in [5.41, 5.74) is 4.93. The van der Waals surface area contributed by atoms with Crippen molar-refractivity contribution in [3.8, 4) is 16.9 Å². The molecule has 3 aromatic carbocycles. The minimum Gasteiger partial charge on any atom is -0.496 e. The fraction of sp³-hybridized carbons (Fsp3) is 0.192. The fourth-order valence-electron chi connectivity index (χ4n) is 4.08. The van der Waals surface area contributed by atoms with E-state index in [1.807, 2.05) is 36.4 Å². The molecule has 4 N–H and O–H groups in total. The summed E-state index contributed by atoms with van der Waals surface area (Å²) in [5.74, 6) is -1.99. The van der Waals surface area contributed by atoms with Gasteiger partial charge in [0.15, 0.2) is 6.10 Å². The molecule has 3 aromatic rings. The van der Waals surface area contributed by atoms with E-state index in [1.54, 1.807) is 0 Å². The molecule has 9 heteroatoms. The van der Waals surface area contributed by atoms with Crippen LogP contribution in [-0.2, 0) is 9.53 Å². The summed E-state index contributed by atoms with van der Waals surface area (Å²) in [4.78, 5) is 35.5. The van der Waals surface area contributed by atoms with Crippen LogP contribution >= 0.6 is 0 Å². The third-order valence-electron chi connectivity index (χ3n) is 5.78. The lowest BCUT2D eigenvalue weighted by Crippen LogP contribution is -2.36. The van der Waals surface area contributed by atoms with Gasteiger partial charge < -0.3 is 25.0 Å². The van der Waals surface area contributed by atoms with E-state index in [4.69, 9.17) is 14.6 Å². The SMILES string of the molecule is COc1cc(NC(=O)OCC2c3ccccc3-c3ccccc32)ccc1C(=O)NC[C@H](O)C(=O)O. The summed E-state index contributed by atoms with van der Waals surface area (Å²) in [6, 6.07) is 20.4. The van der Waals surface area contributed by atoms with Crippen LogP contribution in [0.5, 0.6) is 5.75 Å². The maximum absolute atomic E-state index is 12.5. The molecule has 0 heterocycles. The first-order chi connectivity index (χ1) is 16.9. The van der Waals surface area contributed by atoms with Crippen molar-refractivity contribution in [2.75, 3.05) is 25.6 Å². The Bertz CT molecular complexity index is 1230. The zero-order chi connectivity index (χ0) is 24.9. The van der Waals surface area contributed by atoms with Crippen LogP contribution in [0.4, 0.5) is 10.5 Å². The molecule has 1 aliphatic rings. The normalized spacial score (nSPS) is 12.7. The largest absolute Gasteiger partial charge is 0.496 e. The Morgan fingerprint density at radius 3 is 2.20 bits per heavy atom. The van der Waals surface area contributed by atoms with Crippen molar-refractivity contribution < 1.29 is 34.1 Å². The summed E-state index contributed by atoms with van der Waals surface area (Å²) in [7, 11) is 1.36. The number of carboxylic acid groups (broad SMARTS) is 1. The molecule has 0 saturated heterocycles. The van der Waals surface area contributed by atoms with Gasteiger partial charge in [-0.2, -0.15) is 0 Å². The Morgan fingerprint density at radius 1 is 0.971 bits per heavy atom. The minimum absolute atomic E-state index is 0.0742. The average molecular weight is 476 g/mol. The number of rotatable bonds is 8. The molecule has 1 aliphatic carbocycles. The predicted octanol–water partition coefficient (Wildman–Crippen LogP) is 3.23. The summed E-state index contributed by atoms with van der Waals surface area (Å²) in [6.45, 7) is -0.305. The predicted molar refractivity (Wildman–Crippen MR) is 128 cm³/mol. The van der Waals surface area contributed by atoms with Crippen molar-refractivity contribution in [3.63, 3.8) is 0 Å². The highest BCUT2D eigenvalue weighted by Crippen LogP contribution is 2.44. The smallest absolute Gasteiger partial charge is 0.411 e. The molecule has 4 rings (SSSR count). The number of aliphatic hydroxyl groups is 1. The molecule has 0 aromatic heterocycles. The summed E-state index contributed by atoms with van der Waals surface area (Å²) >= 11 is 0. The van der Waals surface area contributed by atoms with E-state index in [9.17, 15) is 19.5 Å². The summed E-state index contributed by atoms with van der Waals surface area (Å²) in [6.07, 6.45) is -2.38. The van der Waals surface area contributed by atoms with Gasteiger partial charge in [0.1, 0.15) is 12.4 Å². The van der Waals surface area contributed by atoms with Crippen molar-refractivity contribution >= 4 is 23.7 Å². The molecular formula is C26H24N2O7. The molecule has 35 heavy (non-hydrogen) atoms. The molecule has 0 fully saturated rings. The number of benzene rings is 3. The number of carboxylic acids is 1. The van der Waals surface area contributed by atoms with E-state index in [1.165, 1.54) is 25.3 Å². The Hall–Kier alpha value is -4.37. The number of carbonyl (C=O) groups is 3. The van der Waals surface area contributed by atoms with E-state index in [0.717, 1.165) is 22.3 Å². The maximum Gasteiger partial charge on any atom is 0.411 e. The number of amides is 2. The second-order valence-corrected chi connectivity index (χ2v) is 7.93. The number of nitrogens with one attached hydrogen (secondary N) is 2. The molecule has 0 radical (unpaired) electrons. The van der Waals surface area contributed by atoms with Gasteiger partial charge in [-0.15, -0.1) is 0 Å². The van der Waals surface area contributed by atoms with E-state index in [2.05, 4.69) is 22.8 Å². The number of aliphatic carboxylic acids is 1. The molecular weight excluding hydrogens is 452 g/mol. The summed E-state index contributed by atoms with van der Waals surface area (Å²) < 4.78 is 10.8. The van der Waals surface area contributed by atoms with Gasteiger partial charge in [0.05, 0.1) is 19.2 Å². The van der Waals surface area contributed by atoms with Crippen LogP contribution in [0.15, 0.2) is 66.7 Å². The Labute approximate surface area is 201 Å². The molecule has 1 atom stereocenters. The standard InChI is InChI=1S/C26H24N2O7/c1-34-23-12-15(10-11-20(23)24(30)27-13-22(29)25(31)32)28-26(33)35-14-21-18-8-4-2-6-16(18)17-7-3-5-9-19(17)21/h2-12,21-22,29H,13-14H2,1H3,(H,27,30)(H,28,33)(H,31,32)/t22-/m0/s1. The molecule has 9 nitrogen and oxygen atoms in total. The minimum atomic E-state index is -1.72. The first kappa shape index (κ1) is 23.8. The Morgan fingerprint density at radius 2 is 1.60 bits per heavy atom. The number of methoxy groups -OCH3 is 1. The first-order valence-corrected chi connectivity index (χ1v) is 10.9. The van der Waals surface area contributed by atoms with E-state index in [-0.39, 0.29) is 23.8 Å². The van der Waals surface area contributed by atoms with Crippen LogP contribution in [0.1, 0.15) is 27.4 Å². The summed E-state index contributed by atoms with van der Waals surface area (Å²) in [5, 5.41) is 23.0. The van der Waals surface area contributed by atoms with Crippen molar-refractivity contribution in [1.29, 1.82) is 0 Å². The zero-order valence-electron chi connectivity index (χ0n) is 18.9. The number of carbonyl (C=O) groups excluding carboxylic acids is 2. The molecule has 0 unspecified atom stereocenters. The quantitative estimate of drug-likeness (QED) is 0.392. The highest BCUT2D eigenvalue weighted by Gasteiger charge is 2.29. The lowest BCUT2D eigenvalue weighted by molar-refractivity contribution is -0.146. The maximum atomic E-state index is 12.5. The van der Waals surface area contributed by atoms with Gasteiger partial charge >= 0.3 is 12.1 Å². The number of hydrogen-bond acceptors (Lipinski definition) is 6. The topological polar surface area (TPSA) is 134 Å². The third-order valence-corrected chi connectivity index (χ3v) is 5.78. The first-order valence-electron chi connectivity index (χ1n) is 10.9. The Kier molecular flexibility index (Phi) is 6.98. The number of fused-ring (bicyclic) bond motifs is 3. The lowest BCUT2D eigenvalue weighted by Gasteiger charge is -2.15. The van der Waals surface area contributed by atoms with Crippen LogP contribution in [0, 0.1) is 0 Å². The average Bonchev–Trinajstić information content (AvgIpc) is 3.19. The Balaban J connectivity index is 1.40. The lowest BCUT2D eigenvalue weighted by atomic mass is 9.98. The second kappa shape index (κ2) is 10.3. The molecule has 0 saturated carbocycles. The van der Waals surface area contributed by atoms with E-state index >= 15 is 0 Å². The number of anilines is 1. The van der Waals surface area contributed by atoms with Crippen molar-refractivity contribution in [2.24, 2.45) is 0 Å².